The van der Waals surface area contributed by atoms with Crippen molar-refractivity contribution >= 4 is 21.8 Å². The van der Waals surface area contributed by atoms with Gasteiger partial charge in [-0.2, -0.15) is 13.2 Å². The van der Waals surface area contributed by atoms with Gasteiger partial charge >= 0.3 is 12.3 Å². The number of ether oxygens (including phenoxy) is 1. The molecule has 1 atom stereocenters. The number of piperidine rings is 1. The van der Waals surface area contributed by atoms with E-state index in [1.807, 2.05) is 13.8 Å². The van der Waals surface area contributed by atoms with E-state index >= 15 is 0 Å². The minimum absolute atomic E-state index is 0.166. The summed E-state index contributed by atoms with van der Waals surface area (Å²) in [7, 11) is -3.95. The van der Waals surface area contributed by atoms with Gasteiger partial charge in [-0.25, -0.2) is 13.2 Å². The number of rotatable bonds is 6. The number of sulfone groups is 1. The van der Waals surface area contributed by atoms with E-state index in [0.29, 0.717) is 25.9 Å². The fourth-order valence-electron chi connectivity index (χ4n) is 4.29. The molecule has 1 aromatic rings. The maximum absolute atomic E-state index is 13.3. The quantitative estimate of drug-likeness (QED) is 0.552. The summed E-state index contributed by atoms with van der Waals surface area (Å²) in [4.78, 5) is 26.9. The van der Waals surface area contributed by atoms with Gasteiger partial charge in [-0.3, -0.25) is 4.79 Å². The third kappa shape index (κ3) is 6.92. The highest BCUT2D eigenvalue weighted by atomic mass is 32.2. The lowest BCUT2D eigenvalue weighted by atomic mass is 9.85. The molecule has 1 fully saturated rings. The Morgan fingerprint density at radius 3 is 1.92 bits per heavy atom. The van der Waals surface area contributed by atoms with Crippen LogP contribution in [0.1, 0.15) is 66.9 Å². The van der Waals surface area contributed by atoms with Crippen LogP contribution in [-0.4, -0.2) is 54.8 Å². The SMILES string of the molecule is CC(C)C(NC(=O)OC(C)(C)C)C(=O)N1CCC(C(C)(C)S(=O)(=O)c2ccc(C(F)(F)F)cc2)CC1. The Labute approximate surface area is 211 Å². The highest BCUT2D eigenvalue weighted by Crippen LogP contribution is 2.39. The molecule has 1 aliphatic heterocycles. The highest BCUT2D eigenvalue weighted by Gasteiger charge is 2.45. The number of carbonyl (C=O) groups excluding carboxylic acids is 2. The lowest BCUT2D eigenvalue weighted by Crippen LogP contribution is -2.55. The van der Waals surface area contributed by atoms with Crippen LogP contribution in [0.2, 0.25) is 0 Å². The summed E-state index contributed by atoms with van der Waals surface area (Å²) in [6.45, 7) is 12.5. The molecule has 1 N–H and O–H groups in total. The number of alkyl halides is 3. The molecule has 1 saturated heterocycles. The number of hydrogen-bond donors (Lipinski definition) is 1. The summed E-state index contributed by atoms with van der Waals surface area (Å²) in [5.74, 6) is -0.776. The standard InChI is InChI=1S/C25H37F3N2O5S/c1-16(2)20(29-22(32)35-23(3,4)5)21(31)30-14-12-17(13-15-30)24(6,7)36(33,34)19-10-8-18(9-11-19)25(26,27)28/h8-11,16-17,20H,12-15H2,1-7H3,(H,29,32). The van der Waals surface area contributed by atoms with E-state index in [0.717, 1.165) is 24.3 Å². The van der Waals surface area contributed by atoms with Crippen LogP contribution in [0.3, 0.4) is 0 Å². The molecule has 0 aliphatic carbocycles. The van der Waals surface area contributed by atoms with E-state index in [-0.39, 0.29) is 22.6 Å². The third-order valence-electron chi connectivity index (χ3n) is 6.58. The van der Waals surface area contributed by atoms with Gasteiger partial charge in [0, 0.05) is 13.1 Å². The molecule has 0 aromatic heterocycles. The molecule has 2 rings (SSSR count). The summed E-state index contributed by atoms with van der Waals surface area (Å²) in [5, 5.41) is 2.64. The average Bonchev–Trinajstić information content (AvgIpc) is 2.75. The van der Waals surface area contributed by atoms with Crippen LogP contribution in [0.5, 0.6) is 0 Å². The van der Waals surface area contributed by atoms with Crippen molar-refractivity contribution in [3.8, 4) is 0 Å². The molecular formula is C25H37F3N2O5S. The van der Waals surface area contributed by atoms with Gasteiger partial charge < -0.3 is 15.0 Å². The van der Waals surface area contributed by atoms with Crippen molar-refractivity contribution in [2.75, 3.05) is 13.1 Å². The predicted octanol–water partition coefficient (Wildman–Crippen LogP) is 5.05. The van der Waals surface area contributed by atoms with Crippen molar-refractivity contribution in [3.05, 3.63) is 29.8 Å². The summed E-state index contributed by atoms with van der Waals surface area (Å²) < 4.78 is 69.3. The number of hydrogen-bond acceptors (Lipinski definition) is 5. The average molecular weight is 535 g/mol. The minimum atomic E-state index is -4.55. The van der Waals surface area contributed by atoms with Crippen molar-refractivity contribution in [2.45, 2.75) is 88.8 Å². The molecule has 11 heteroatoms. The molecule has 1 aliphatic rings. The maximum Gasteiger partial charge on any atom is 0.416 e. The van der Waals surface area contributed by atoms with Crippen molar-refractivity contribution in [3.63, 3.8) is 0 Å². The van der Waals surface area contributed by atoms with Crippen LogP contribution in [-0.2, 0) is 25.5 Å². The topological polar surface area (TPSA) is 92.8 Å². The Morgan fingerprint density at radius 1 is 1.00 bits per heavy atom. The smallest absolute Gasteiger partial charge is 0.416 e. The molecule has 204 valence electrons. The van der Waals surface area contributed by atoms with E-state index in [4.69, 9.17) is 4.74 Å². The van der Waals surface area contributed by atoms with E-state index < -0.39 is 44.1 Å². The number of nitrogens with one attached hydrogen (secondary N) is 1. The first kappa shape index (κ1) is 29.9. The molecule has 0 spiro atoms. The second-order valence-corrected chi connectivity index (χ2v) is 13.6. The Kier molecular flexibility index (Phi) is 8.80. The first-order valence-electron chi connectivity index (χ1n) is 12.0. The Hall–Kier alpha value is -2.30. The lowest BCUT2D eigenvalue weighted by molar-refractivity contribution is -0.138. The Bertz CT molecular complexity index is 1040. The number of amides is 2. The number of carbonyl (C=O) groups is 2. The maximum atomic E-state index is 13.3. The molecule has 1 heterocycles. The molecular weight excluding hydrogens is 497 g/mol. The molecule has 1 unspecified atom stereocenters. The van der Waals surface area contributed by atoms with Crippen molar-refractivity contribution < 1.29 is 35.9 Å². The number of halogens is 3. The number of benzene rings is 1. The fraction of sp³-hybridized carbons (Fsp3) is 0.680. The van der Waals surface area contributed by atoms with Gasteiger partial charge in [0.1, 0.15) is 11.6 Å². The summed E-state index contributed by atoms with van der Waals surface area (Å²) in [6, 6.07) is 2.74. The van der Waals surface area contributed by atoms with E-state index in [1.165, 1.54) is 0 Å². The van der Waals surface area contributed by atoms with Gasteiger partial charge in [0.25, 0.3) is 0 Å². The summed E-state index contributed by atoms with van der Waals surface area (Å²) >= 11 is 0. The zero-order valence-corrected chi connectivity index (χ0v) is 22.7. The van der Waals surface area contributed by atoms with Crippen molar-refractivity contribution in [1.82, 2.24) is 10.2 Å². The molecule has 36 heavy (non-hydrogen) atoms. The van der Waals surface area contributed by atoms with Crippen LogP contribution < -0.4 is 5.32 Å². The molecule has 0 bridgehead atoms. The van der Waals surface area contributed by atoms with Gasteiger partial charge in [-0.1, -0.05) is 13.8 Å². The number of alkyl carbamates (subject to hydrolysis) is 1. The summed E-state index contributed by atoms with van der Waals surface area (Å²) in [6.07, 6.45) is -4.44. The third-order valence-corrected chi connectivity index (χ3v) is 9.19. The normalized spacial score (nSPS) is 17.1. The zero-order chi connectivity index (χ0) is 27.7. The molecule has 1 aromatic carbocycles. The minimum Gasteiger partial charge on any atom is -0.444 e. The van der Waals surface area contributed by atoms with E-state index in [2.05, 4.69) is 5.32 Å². The monoisotopic (exact) mass is 534 g/mol. The van der Waals surface area contributed by atoms with E-state index in [1.54, 1.807) is 39.5 Å². The van der Waals surface area contributed by atoms with Gasteiger partial charge in [-0.05, 0) is 83.6 Å². The van der Waals surface area contributed by atoms with E-state index in [9.17, 15) is 31.2 Å². The fourth-order valence-corrected chi connectivity index (χ4v) is 6.06. The Balaban J connectivity index is 2.11. The van der Waals surface area contributed by atoms with Gasteiger partial charge in [0.2, 0.25) is 5.91 Å². The van der Waals surface area contributed by atoms with Crippen LogP contribution in [0.25, 0.3) is 0 Å². The molecule has 7 nitrogen and oxygen atoms in total. The summed E-state index contributed by atoms with van der Waals surface area (Å²) in [5.41, 5.74) is -1.62. The van der Waals surface area contributed by atoms with Crippen LogP contribution in [0.4, 0.5) is 18.0 Å². The Morgan fingerprint density at radius 2 is 1.50 bits per heavy atom. The molecule has 2 amide bonds. The van der Waals surface area contributed by atoms with Crippen LogP contribution >= 0.6 is 0 Å². The number of nitrogens with zero attached hydrogens (tertiary/aromatic N) is 1. The van der Waals surface area contributed by atoms with Crippen molar-refractivity contribution in [2.24, 2.45) is 11.8 Å². The second kappa shape index (κ2) is 10.6. The number of likely N-dealkylation sites (tertiary alicyclic amines) is 1. The molecule has 0 radical (unpaired) electrons. The highest BCUT2D eigenvalue weighted by molar-refractivity contribution is 7.92. The molecule has 0 saturated carbocycles. The largest absolute Gasteiger partial charge is 0.444 e. The first-order chi connectivity index (χ1) is 16.3. The predicted molar refractivity (Wildman–Crippen MR) is 130 cm³/mol. The zero-order valence-electron chi connectivity index (χ0n) is 21.9. The van der Waals surface area contributed by atoms with Gasteiger partial charge in [0.05, 0.1) is 15.2 Å². The van der Waals surface area contributed by atoms with Gasteiger partial charge in [-0.15, -0.1) is 0 Å². The van der Waals surface area contributed by atoms with Gasteiger partial charge in [0.15, 0.2) is 9.84 Å². The lowest BCUT2D eigenvalue weighted by Gasteiger charge is -2.41. The van der Waals surface area contributed by atoms with Crippen LogP contribution in [0.15, 0.2) is 29.2 Å². The second-order valence-electron chi connectivity index (χ2n) is 11.1. The van der Waals surface area contributed by atoms with Crippen LogP contribution in [0, 0.1) is 11.8 Å². The van der Waals surface area contributed by atoms with Crippen molar-refractivity contribution in [1.29, 1.82) is 0 Å². The first-order valence-corrected chi connectivity index (χ1v) is 13.5.